The largest absolute Gasteiger partial charge is 0.481 e. The van der Waals surface area contributed by atoms with Crippen molar-refractivity contribution >= 4 is 58.9 Å². The topological polar surface area (TPSA) is 199 Å². The number of hydrogen-bond donors (Lipinski definition) is 5. The maximum absolute atomic E-state index is 12.9. The summed E-state index contributed by atoms with van der Waals surface area (Å²) in [5.41, 5.74) is 0.105. The fourth-order valence-corrected chi connectivity index (χ4v) is 6.40. The van der Waals surface area contributed by atoms with Crippen LogP contribution in [0.25, 0.3) is 0 Å². The summed E-state index contributed by atoms with van der Waals surface area (Å²) < 4.78 is 0. The van der Waals surface area contributed by atoms with E-state index in [4.69, 9.17) is 11.6 Å². The number of fused-ring (bicyclic) bond motifs is 1. The van der Waals surface area contributed by atoms with E-state index in [0.717, 1.165) is 16.7 Å². The van der Waals surface area contributed by atoms with E-state index in [2.05, 4.69) is 25.9 Å². The first kappa shape index (κ1) is 25.0. The number of hydrogen-bond acceptors (Lipinski definition) is 10. The van der Waals surface area contributed by atoms with Crippen LogP contribution < -0.4 is 5.32 Å². The molecule has 1 aromatic heterocycles. The van der Waals surface area contributed by atoms with Gasteiger partial charge in [0.2, 0.25) is 5.16 Å². The molecule has 1 aromatic carbocycles. The summed E-state index contributed by atoms with van der Waals surface area (Å²) in [5, 5.41) is 44.0. The minimum atomic E-state index is -1.58. The van der Waals surface area contributed by atoms with Crippen LogP contribution in [0.2, 0.25) is 5.02 Å². The quantitative estimate of drug-likeness (QED) is 0.215. The SMILES string of the molecule is O=C(O)CC(Sc1nn[nH]n1)C1=C(C(=O)O)N2C(=O)C(NC(=O)C(O)c3cccc(Cl)c3)[C@@H]2SC1. The number of β-lactam (4-membered cyclic amide) rings is 1. The van der Waals surface area contributed by atoms with Gasteiger partial charge in [0, 0.05) is 16.0 Å². The number of H-pyrrole nitrogens is 1. The average molecular weight is 541 g/mol. The summed E-state index contributed by atoms with van der Waals surface area (Å²) in [7, 11) is 0. The summed E-state index contributed by atoms with van der Waals surface area (Å²) in [6.07, 6.45) is -2.02. The molecule has 13 nitrogen and oxygen atoms in total. The van der Waals surface area contributed by atoms with Gasteiger partial charge in [-0.25, -0.2) is 4.79 Å². The Morgan fingerprint density at radius 3 is 2.74 bits per heavy atom. The Balaban J connectivity index is 1.55. The van der Waals surface area contributed by atoms with Gasteiger partial charge in [-0.05, 0) is 28.5 Å². The number of nitrogens with zero attached hydrogens (tertiary/aromatic N) is 4. The monoisotopic (exact) mass is 540 g/mol. The maximum Gasteiger partial charge on any atom is 0.352 e. The van der Waals surface area contributed by atoms with Crippen LogP contribution in [0, 0.1) is 0 Å². The van der Waals surface area contributed by atoms with E-state index in [1.807, 2.05) is 0 Å². The lowest BCUT2D eigenvalue weighted by Crippen LogP contribution is -2.71. The zero-order valence-electron chi connectivity index (χ0n) is 17.5. The molecular weight excluding hydrogens is 524 g/mol. The van der Waals surface area contributed by atoms with Crippen molar-refractivity contribution in [3.8, 4) is 0 Å². The first-order chi connectivity index (χ1) is 16.7. The Bertz CT molecular complexity index is 1210. The molecule has 1 fully saturated rings. The van der Waals surface area contributed by atoms with E-state index < -0.39 is 52.9 Å². The van der Waals surface area contributed by atoms with Gasteiger partial charge in [-0.3, -0.25) is 19.3 Å². The molecule has 2 amide bonds. The Kier molecular flexibility index (Phi) is 7.30. The zero-order chi connectivity index (χ0) is 25.3. The van der Waals surface area contributed by atoms with E-state index in [-0.39, 0.29) is 27.7 Å². The summed E-state index contributed by atoms with van der Waals surface area (Å²) in [4.78, 5) is 50.1. The van der Waals surface area contributed by atoms with Crippen molar-refractivity contribution in [1.29, 1.82) is 0 Å². The van der Waals surface area contributed by atoms with Gasteiger partial charge in [-0.1, -0.05) is 35.5 Å². The highest BCUT2D eigenvalue weighted by Crippen LogP contribution is 2.44. The second-order valence-electron chi connectivity index (χ2n) is 7.43. The molecule has 4 rings (SSSR count). The van der Waals surface area contributed by atoms with E-state index in [1.165, 1.54) is 23.9 Å². The molecule has 0 spiro atoms. The first-order valence-corrected chi connectivity index (χ1v) is 12.2. The number of carbonyl (C=O) groups is 4. The standard InChI is InChI=1S/C19H17ClN6O7S2/c20-8-3-1-2-7(4-8)14(29)15(30)21-12-16(31)26-13(18(32)33)9(6-34-17(12)26)10(5-11(27)28)35-19-22-24-25-23-19/h1-4,10,12,14,17,29H,5-6H2,(H,21,30)(H,27,28)(H,32,33)(H,22,23,24,25)/t10?,12?,14?,17-/m0/s1. The highest BCUT2D eigenvalue weighted by molar-refractivity contribution is 8.01. The van der Waals surface area contributed by atoms with Crippen molar-refractivity contribution in [2.24, 2.45) is 0 Å². The third kappa shape index (κ3) is 5.12. The minimum Gasteiger partial charge on any atom is -0.481 e. The number of halogens is 1. The molecule has 3 unspecified atom stereocenters. The van der Waals surface area contributed by atoms with Crippen molar-refractivity contribution in [2.45, 2.75) is 34.3 Å². The van der Waals surface area contributed by atoms with Crippen molar-refractivity contribution in [2.75, 3.05) is 5.75 Å². The highest BCUT2D eigenvalue weighted by Gasteiger charge is 2.55. The van der Waals surface area contributed by atoms with Crippen LogP contribution in [0.1, 0.15) is 18.1 Å². The number of aliphatic carboxylic acids is 2. The number of carboxylic acids is 2. The molecule has 2 aliphatic heterocycles. The molecule has 1 saturated heterocycles. The Hall–Kier alpha value is -3.14. The van der Waals surface area contributed by atoms with Crippen molar-refractivity contribution < 1.29 is 34.5 Å². The fraction of sp³-hybridized carbons (Fsp3) is 0.316. The van der Waals surface area contributed by atoms with Gasteiger partial charge in [0.15, 0.2) is 6.10 Å². The molecule has 5 N–H and O–H groups in total. The number of aromatic nitrogens is 4. The van der Waals surface area contributed by atoms with Gasteiger partial charge in [0.1, 0.15) is 17.1 Å². The van der Waals surface area contributed by atoms with Crippen LogP contribution in [0.4, 0.5) is 0 Å². The Morgan fingerprint density at radius 1 is 1.34 bits per heavy atom. The van der Waals surface area contributed by atoms with Gasteiger partial charge in [0.25, 0.3) is 11.8 Å². The van der Waals surface area contributed by atoms with Gasteiger partial charge in [0.05, 0.1) is 6.42 Å². The molecule has 0 aliphatic carbocycles. The van der Waals surface area contributed by atoms with Crippen LogP contribution >= 0.6 is 35.1 Å². The van der Waals surface area contributed by atoms with Gasteiger partial charge in [-0.15, -0.1) is 22.0 Å². The van der Waals surface area contributed by atoms with Crippen LogP contribution in [0.15, 0.2) is 40.7 Å². The Labute approximate surface area is 210 Å². The van der Waals surface area contributed by atoms with Crippen molar-refractivity contribution in [3.05, 3.63) is 46.1 Å². The first-order valence-electron chi connectivity index (χ1n) is 9.94. The smallest absolute Gasteiger partial charge is 0.352 e. The number of aliphatic hydroxyl groups is 1. The molecule has 0 saturated carbocycles. The van der Waals surface area contributed by atoms with E-state index in [9.17, 15) is 34.5 Å². The number of carboxylic acid groups (broad SMARTS) is 2. The number of tetrazole rings is 1. The lowest BCUT2D eigenvalue weighted by atomic mass is 9.99. The number of thioether (sulfide) groups is 2. The summed E-state index contributed by atoms with van der Waals surface area (Å²) in [5.74, 6) is -4.03. The minimum absolute atomic E-state index is 0.0854. The summed E-state index contributed by atoms with van der Waals surface area (Å²) >= 11 is 7.98. The number of nitrogens with one attached hydrogen (secondary N) is 2. The van der Waals surface area contributed by atoms with Crippen LogP contribution in [0.3, 0.4) is 0 Å². The molecule has 16 heteroatoms. The third-order valence-corrected chi connectivity index (χ3v) is 7.89. The molecule has 0 bridgehead atoms. The number of aliphatic hydroxyl groups excluding tert-OH is 1. The number of amides is 2. The molecule has 2 aromatic rings. The van der Waals surface area contributed by atoms with Crippen LogP contribution in [0.5, 0.6) is 0 Å². The summed E-state index contributed by atoms with van der Waals surface area (Å²) in [6.45, 7) is 0. The predicted octanol–water partition coefficient (Wildman–Crippen LogP) is 0.261. The third-order valence-electron chi connectivity index (χ3n) is 5.23. The second kappa shape index (κ2) is 10.2. The molecular formula is C19H17ClN6O7S2. The average Bonchev–Trinajstić information content (AvgIpc) is 3.33. The predicted molar refractivity (Wildman–Crippen MR) is 122 cm³/mol. The number of rotatable bonds is 9. The molecule has 2 aliphatic rings. The lowest BCUT2D eigenvalue weighted by molar-refractivity contribution is -0.151. The fourth-order valence-electron chi connectivity index (χ4n) is 3.67. The molecule has 3 heterocycles. The van der Waals surface area contributed by atoms with Gasteiger partial charge in [-0.2, -0.15) is 5.21 Å². The maximum atomic E-state index is 12.9. The van der Waals surface area contributed by atoms with E-state index in [1.54, 1.807) is 12.1 Å². The van der Waals surface area contributed by atoms with Gasteiger partial charge < -0.3 is 20.6 Å². The number of carbonyl (C=O) groups excluding carboxylic acids is 2. The van der Waals surface area contributed by atoms with E-state index >= 15 is 0 Å². The van der Waals surface area contributed by atoms with Crippen LogP contribution in [-0.4, -0.2) is 87.0 Å². The zero-order valence-corrected chi connectivity index (χ0v) is 19.9. The molecule has 0 radical (unpaired) electrons. The highest BCUT2D eigenvalue weighted by atomic mass is 35.5. The molecule has 4 atom stereocenters. The second-order valence-corrected chi connectivity index (χ2v) is 10.1. The van der Waals surface area contributed by atoms with E-state index in [0.29, 0.717) is 5.02 Å². The number of aromatic amines is 1. The summed E-state index contributed by atoms with van der Waals surface area (Å²) in [6, 6.07) is 4.99. The Morgan fingerprint density at radius 2 is 2.11 bits per heavy atom. The molecule has 35 heavy (non-hydrogen) atoms. The van der Waals surface area contributed by atoms with Crippen LogP contribution in [-0.2, 0) is 19.2 Å². The normalized spacial score (nSPS) is 21.1. The van der Waals surface area contributed by atoms with Crippen molar-refractivity contribution in [3.63, 3.8) is 0 Å². The van der Waals surface area contributed by atoms with Crippen molar-refractivity contribution in [1.82, 2.24) is 30.8 Å². The number of benzene rings is 1. The molecule has 184 valence electrons. The van der Waals surface area contributed by atoms with Gasteiger partial charge >= 0.3 is 11.9 Å². The lowest BCUT2D eigenvalue weighted by Gasteiger charge is -2.50.